The largest absolute Gasteiger partial charge is 0.341 e. The summed E-state index contributed by atoms with van der Waals surface area (Å²) in [6.45, 7) is 6.91. The van der Waals surface area contributed by atoms with Gasteiger partial charge in [0.05, 0.1) is 4.88 Å². The average molecular weight is 294 g/mol. The van der Waals surface area contributed by atoms with E-state index in [0.717, 1.165) is 24.4 Å². The minimum absolute atomic E-state index is 0.0955. The predicted octanol–water partition coefficient (Wildman–Crippen LogP) is 2.47. The first kappa shape index (κ1) is 15.0. The van der Waals surface area contributed by atoms with Crippen LogP contribution in [-0.2, 0) is 4.79 Å². The molecule has 0 unspecified atom stereocenters. The van der Waals surface area contributed by atoms with Crippen LogP contribution in [0.25, 0.3) is 0 Å². The minimum Gasteiger partial charge on any atom is -0.341 e. The summed E-state index contributed by atoms with van der Waals surface area (Å²) in [5.74, 6) is 0.693. The predicted molar refractivity (Wildman–Crippen MR) is 80.9 cm³/mol. The first-order valence-electron chi connectivity index (χ1n) is 7.18. The molecule has 0 aliphatic carbocycles. The van der Waals surface area contributed by atoms with E-state index in [0.29, 0.717) is 25.4 Å². The lowest BCUT2D eigenvalue weighted by molar-refractivity contribution is -0.131. The van der Waals surface area contributed by atoms with Crippen molar-refractivity contribution in [2.75, 3.05) is 26.2 Å². The molecule has 1 fully saturated rings. The van der Waals surface area contributed by atoms with Gasteiger partial charge in [0.15, 0.2) is 0 Å². The van der Waals surface area contributed by atoms with E-state index >= 15 is 0 Å². The molecular weight excluding hydrogens is 272 g/mol. The van der Waals surface area contributed by atoms with Gasteiger partial charge in [-0.1, -0.05) is 19.9 Å². The highest BCUT2D eigenvalue weighted by Gasteiger charge is 2.23. The lowest BCUT2D eigenvalue weighted by Gasteiger charge is -2.22. The van der Waals surface area contributed by atoms with Crippen LogP contribution in [0.2, 0.25) is 0 Å². The lowest BCUT2D eigenvalue weighted by Crippen LogP contribution is -2.37. The van der Waals surface area contributed by atoms with Crippen LogP contribution in [-0.4, -0.2) is 47.8 Å². The molecule has 1 aliphatic rings. The van der Waals surface area contributed by atoms with Crippen molar-refractivity contribution < 1.29 is 9.59 Å². The maximum atomic E-state index is 12.3. The van der Waals surface area contributed by atoms with Gasteiger partial charge in [-0.25, -0.2) is 0 Å². The van der Waals surface area contributed by atoms with Gasteiger partial charge in [0.2, 0.25) is 5.91 Å². The Labute approximate surface area is 124 Å². The van der Waals surface area contributed by atoms with Crippen molar-refractivity contribution in [2.24, 2.45) is 5.92 Å². The van der Waals surface area contributed by atoms with Crippen molar-refractivity contribution >= 4 is 23.2 Å². The molecule has 2 heterocycles. The van der Waals surface area contributed by atoms with E-state index in [4.69, 9.17) is 0 Å². The molecule has 0 saturated carbocycles. The Morgan fingerprint density at radius 2 is 1.90 bits per heavy atom. The molecular formula is C15H22N2O2S. The van der Waals surface area contributed by atoms with E-state index in [-0.39, 0.29) is 11.8 Å². The molecule has 0 bridgehead atoms. The third-order valence-electron chi connectivity index (χ3n) is 3.45. The molecule has 2 rings (SSSR count). The highest BCUT2D eigenvalue weighted by molar-refractivity contribution is 7.12. The molecule has 0 atom stereocenters. The number of hydrogen-bond donors (Lipinski definition) is 0. The van der Waals surface area contributed by atoms with Crippen LogP contribution >= 0.6 is 11.3 Å². The number of hydrogen-bond acceptors (Lipinski definition) is 3. The van der Waals surface area contributed by atoms with Crippen LogP contribution < -0.4 is 0 Å². The van der Waals surface area contributed by atoms with Crippen LogP contribution in [0.5, 0.6) is 0 Å². The smallest absolute Gasteiger partial charge is 0.263 e. The fourth-order valence-electron chi connectivity index (χ4n) is 2.40. The first-order valence-corrected chi connectivity index (χ1v) is 8.06. The Kier molecular flexibility index (Phi) is 5.17. The second-order valence-corrected chi connectivity index (χ2v) is 6.55. The van der Waals surface area contributed by atoms with Crippen molar-refractivity contribution in [3.63, 3.8) is 0 Å². The quantitative estimate of drug-likeness (QED) is 0.859. The first-order chi connectivity index (χ1) is 9.58. The van der Waals surface area contributed by atoms with Gasteiger partial charge in [0.25, 0.3) is 5.91 Å². The fourth-order valence-corrected chi connectivity index (χ4v) is 3.10. The summed E-state index contributed by atoms with van der Waals surface area (Å²) < 4.78 is 0. The van der Waals surface area contributed by atoms with Crippen LogP contribution in [0, 0.1) is 5.92 Å². The molecule has 20 heavy (non-hydrogen) atoms. The van der Waals surface area contributed by atoms with Crippen molar-refractivity contribution in [1.29, 1.82) is 0 Å². The normalized spacial score (nSPS) is 16.4. The SMILES string of the molecule is CC(C)CC(=O)N1CCCN(C(=O)c2cccs2)CC1. The third kappa shape index (κ3) is 3.82. The van der Waals surface area contributed by atoms with Gasteiger partial charge >= 0.3 is 0 Å². The number of carbonyl (C=O) groups excluding carboxylic acids is 2. The Balaban J connectivity index is 1.92. The van der Waals surface area contributed by atoms with E-state index in [1.807, 2.05) is 27.3 Å². The standard InChI is InChI=1S/C15H22N2O2S/c1-12(2)11-14(18)16-6-4-7-17(9-8-16)15(19)13-5-3-10-20-13/h3,5,10,12H,4,6-9,11H2,1-2H3. The number of carbonyl (C=O) groups is 2. The zero-order chi connectivity index (χ0) is 14.5. The third-order valence-corrected chi connectivity index (χ3v) is 4.31. The topological polar surface area (TPSA) is 40.6 Å². The van der Waals surface area contributed by atoms with Crippen molar-refractivity contribution in [3.8, 4) is 0 Å². The van der Waals surface area contributed by atoms with Crippen LogP contribution in [0.15, 0.2) is 17.5 Å². The Morgan fingerprint density at radius 1 is 1.20 bits per heavy atom. The highest BCUT2D eigenvalue weighted by atomic mass is 32.1. The number of rotatable bonds is 3. The van der Waals surface area contributed by atoms with E-state index < -0.39 is 0 Å². The lowest BCUT2D eigenvalue weighted by atomic mass is 10.1. The summed E-state index contributed by atoms with van der Waals surface area (Å²) in [4.78, 5) is 29.0. The van der Waals surface area contributed by atoms with Crippen LogP contribution in [0.3, 0.4) is 0 Å². The maximum absolute atomic E-state index is 12.3. The molecule has 110 valence electrons. The molecule has 0 N–H and O–H groups in total. The van der Waals surface area contributed by atoms with E-state index in [1.54, 1.807) is 0 Å². The summed E-state index contributed by atoms with van der Waals surface area (Å²) in [7, 11) is 0. The number of amides is 2. The van der Waals surface area contributed by atoms with Gasteiger partial charge in [-0.15, -0.1) is 11.3 Å². The van der Waals surface area contributed by atoms with Crippen molar-refractivity contribution in [3.05, 3.63) is 22.4 Å². The molecule has 4 nitrogen and oxygen atoms in total. The molecule has 1 saturated heterocycles. The summed E-state index contributed by atoms with van der Waals surface area (Å²) in [5.41, 5.74) is 0. The molecule has 1 aliphatic heterocycles. The number of thiophene rings is 1. The van der Waals surface area contributed by atoms with Gasteiger partial charge in [-0.2, -0.15) is 0 Å². The molecule has 1 aromatic heterocycles. The highest BCUT2D eigenvalue weighted by Crippen LogP contribution is 2.15. The van der Waals surface area contributed by atoms with Crippen molar-refractivity contribution in [1.82, 2.24) is 9.80 Å². The minimum atomic E-state index is 0.0955. The summed E-state index contributed by atoms with van der Waals surface area (Å²) in [5, 5.41) is 1.92. The zero-order valence-electron chi connectivity index (χ0n) is 12.2. The molecule has 0 radical (unpaired) electrons. The monoisotopic (exact) mass is 294 g/mol. The fraction of sp³-hybridized carbons (Fsp3) is 0.600. The van der Waals surface area contributed by atoms with E-state index in [9.17, 15) is 9.59 Å². The van der Waals surface area contributed by atoms with Gasteiger partial charge in [-0.3, -0.25) is 9.59 Å². The Morgan fingerprint density at radius 3 is 2.55 bits per heavy atom. The van der Waals surface area contributed by atoms with Crippen molar-refractivity contribution in [2.45, 2.75) is 26.7 Å². The second kappa shape index (κ2) is 6.88. The summed E-state index contributed by atoms with van der Waals surface area (Å²) in [6, 6.07) is 3.76. The Hall–Kier alpha value is -1.36. The van der Waals surface area contributed by atoms with Gasteiger partial charge < -0.3 is 9.80 Å². The van der Waals surface area contributed by atoms with Crippen LogP contribution in [0.1, 0.15) is 36.4 Å². The van der Waals surface area contributed by atoms with Gasteiger partial charge in [-0.05, 0) is 23.8 Å². The van der Waals surface area contributed by atoms with Gasteiger partial charge in [0, 0.05) is 32.6 Å². The Bertz CT molecular complexity index is 456. The molecule has 2 amide bonds. The second-order valence-electron chi connectivity index (χ2n) is 5.60. The van der Waals surface area contributed by atoms with Crippen LogP contribution in [0.4, 0.5) is 0 Å². The van der Waals surface area contributed by atoms with E-state index in [1.165, 1.54) is 11.3 Å². The molecule has 0 aromatic carbocycles. The molecule has 5 heteroatoms. The van der Waals surface area contributed by atoms with E-state index in [2.05, 4.69) is 13.8 Å². The number of nitrogens with zero attached hydrogens (tertiary/aromatic N) is 2. The molecule has 1 aromatic rings. The maximum Gasteiger partial charge on any atom is 0.263 e. The average Bonchev–Trinajstić information content (AvgIpc) is 2.81. The van der Waals surface area contributed by atoms with Gasteiger partial charge in [0.1, 0.15) is 0 Å². The zero-order valence-corrected chi connectivity index (χ0v) is 13.0. The molecule has 0 spiro atoms. The summed E-state index contributed by atoms with van der Waals surface area (Å²) >= 11 is 1.48. The summed E-state index contributed by atoms with van der Waals surface area (Å²) in [6.07, 6.45) is 1.46.